The third-order valence-electron chi connectivity index (χ3n) is 2.80. The van der Waals surface area contributed by atoms with Crippen molar-refractivity contribution in [2.75, 3.05) is 7.11 Å². The number of rotatable bonds is 3. The predicted octanol–water partition coefficient (Wildman–Crippen LogP) is 2.08. The van der Waals surface area contributed by atoms with Crippen molar-refractivity contribution < 1.29 is 4.74 Å². The zero-order chi connectivity index (χ0) is 11.7. The topological polar surface area (TPSA) is 40.2 Å². The number of aryl methyl sites for hydroxylation is 1. The first-order valence-electron chi connectivity index (χ1n) is 5.49. The molecule has 16 heavy (non-hydrogen) atoms. The standard InChI is InChI=1S/C13H18N2O/c1-9(14)6-10-7-12-11(4-5-15(12)2)13(8-10)16-3/h4-5,7-9H,6,14H2,1-3H3. The van der Waals surface area contributed by atoms with Crippen LogP contribution >= 0.6 is 0 Å². The molecule has 1 atom stereocenters. The summed E-state index contributed by atoms with van der Waals surface area (Å²) in [6.45, 7) is 2.02. The van der Waals surface area contributed by atoms with Gasteiger partial charge in [-0.1, -0.05) is 0 Å². The lowest BCUT2D eigenvalue weighted by Crippen LogP contribution is -2.17. The van der Waals surface area contributed by atoms with Crippen LogP contribution < -0.4 is 10.5 Å². The van der Waals surface area contributed by atoms with Crippen molar-refractivity contribution in [3.63, 3.8) is 0 Å². The second-order valence-electron chi connectivity index (χ2n) is 4.34. The molecule has 86 valence electrons. The molecule has 2 N–H and O–H groups in total. The summed E-state index contributed by atoms with van der Waals surface area (Å²) >= 11 is 0. The van der Waals surface area contributed by atoms with Crippen molar-refractivity contribution in [2.45, 2.75) is 19.4 Å². The van der Waals surface area contributed by atoms with Gasteiger partial charge in [0.05, 0.1) is 12.6 Å². The van der Waals surface area contributed by atoms with Gasteiger partial charge in [0.15, 0.2) is 0 Å². The monoisotopic (exact) mass is 218 g/mol. The summed E-state index contributed by atoms with van der Waals surface area (Å²) in [7, 11) is 3.74. The molecule has 1 aromatic heterocycles. The van der Waals surface area contributed by atoms with Crippen LogP contribution in [0.1, 0.15) is 12.5 Å². The van der Waals surface area contributed by atoms with E-state index in [1.807, 2.05) is 20.2 Å². The predicted molar refractivity (Wildman–Crippen MR) is 66.8 cm³/mol. The summed E-state index contributed by atoms with van der Waals surface area (Å²) in [5.41, 5.74) is 8.24. The third-order valence-corrected chi connectivity index (χ3v) is 2.80. The van der Waals surface area contributed by atoms with Crippen LogP contribution in [0.25, 0.3) is 10.9 Å². The lowest BCUT2D eigenvalue weighted by molar-refractivity contribution is 0.419. The zero-order valence-electron chi connectivity index (χ0n) is 10.0. The zero-order valence-corrected chi connectivity index (χ0v) is 10.0. The highest BCUT2D eigenvalue weighted by atomic mass is 16.5. The maximum Gasteiger partial charge on any atom is 0.128 e. The van der Waals surface area contributed by atoms with Crippen molar-refractivity contribution in [1.29, 1.82) is 0 Å². The minimum Gasteiger partial charge on any atom is -0.496 e. The van der Waals surface area contributed by atoms with E-state index in [0.29, 0.717) is 0 Å². The van der Waals surface area contributed by atoms with Gasteiger partial charge in [-0.2, -0.15) is 0 Å². The second kappa shape index (κ2) is 4.18. The first-order valence-corrected chi connectivity index (χ1v) is 5.49. The highest BCUT2D eigenvalue weighted by Crippen LogP contribution is 2.28. The second-order valence-corrected chi connectivity index (χ2v) is 4.34. The number of fused-ring (bicyclic) bond motifs is 1. The number of nitrogens with two attached hydrogens (primary N) is 1. The molecule has 3 nitrogen and oxygen atoms in total. The van der Waals surface area contributed by atoms with E-state index < -0.39 is 0 Å². The van der Waals surface area contributed by atoms with Crippen LogP contribution in [-0.4, -0.2) is 17.7 Å². The van der Waals surface area contributed by atoms with E-state index in [0.717, 1.165) is 17.6 Å². The van der Waals surface area contributed by atoms with Crippen molar-refractivity contribution >= 4 is 10.9 Å². The number of hydrogen-bond donors (Lipinski definition) is 1. The summed E-state index contributed by atoms with van der Waals surface area (Å²) in [5, 5.41) is 1.15. The molecule has 0 saturated heterocycles. The highest BCUT2D eigenvalue weighted by molar-refractivity contribution is 5.87. The quantitative estimate of drug-likeness (QED) is 0.856. The fraction of sp³-hybridized carbons (Fsp3) is 0.385. The van der Waals surface area contributed by atoms with E-state index >= 15 is 0 Å². The summed E-state index contributed by atoms with van der Waals surface area (Å²) in [6, 6.07) is 6.50. The van der Waals surface area contributed by atoms with Gasteiger partial charge in [-0.3, -0.25) is 0 Å². The minimum absolute atomic E-state index is 0.169. The molecule has 0 amide bonds. The van der Waals surface area contributed by atoms with E-state index in [2.05, 4.69) is 22.8 Å². The molecule has 2 aromatic rings. The molecule has 3 heteroatoms. The number of hydrogen-bond acceptors (Lipinski definition) is 2. The van der Waals surface area contributed by atoms with Crippen LogP contribution in [0.2, 0.25) is 0 Å². The Bertz CT molecular complexity index is 500. The molecule has 1 heterocycles. The molecule has 0 aliphatic carbocycles. The molecule has 0 spiro atoms. The van der Waals surface area contributed by atoms with Gasteiger partial charge < -0.3 is 15.0 Å². The summed E-state index contributed by atoms with van der Waals surface area (Å²) in [4.78, 5) is 0. The Labute approximate surface area is 95.8 Å². The largest absolute Gasteiger partial charge is 0.496 e. The molecular formula is C13H18N2O. The Morgan fingerprint density at radius 1 is 1.44 bits per heavy atom. The Hall–Kier alpha value is -1.48. The van der Waals surface area contributed by atoms with E-state index in [1.54, 1.807) is 7.11 Å². The maximum absolute atomic E-state index is 5.83. The van der Waals surface area contributed by atoms with E-state index in [1.165, 1.54) is 11.1 Å². The molecule has 2 rings (SSSR count). The minimum atomic E-state index is 0.169. The molecular weight excluding hydrogens is 200 g/mol. The van der Waals surface area contributed by atoms with Gasteiger partial charge in [0, 0.05) is 24.7 Å². The molecule has 0 bridgehead atoms. The number of methoxy groups -OCH3 is 1. The van der Waals surface area contributed by atoms with Gasteiger partial charge in [-0.25, -0.2) is 0 Å². The van der Waals surface area contributed by atoms with Gasteiger partial charge >= 0.3 is 0 Å². The molecule has 0 fully saturated rings. The molecule has 0 radical (unpaired) electrons. The summed E-state index contributed by atoms with van der Waals surface area (Å²) in [6.07, 6.45) is 2.92. The van der Waals surface area contributed by atoms with Crippen molar-refractivity contribution in [2.24, 2.45) is 12.8 Å². The first kappa shape index (κ1) is 11.0. The van der Waals surface area contributed by atoms with Gasteiger partial charge in [0.25, 0.3) is 0 Å². The van der Waals surface area contributed by atoms with Crippen LogP contribution in [-0.2, 0) is 13.5 Å². The number of aromatic nitrogens is 1. The van der Waals surface area contributed by atoms with Gasteiger partial charge in [-0.15, -0.1) is 0 Å². The van der Waals surface area contributed by atoms with Gasteiger partial charge in [0.2, 0.25) is 0 Å². The van der Waals surface area contributed by atoms with Crippen LogP contribution in [0, 0.1) is 0 Å². The lowest BCUT2D eigenvalue weighted by Gasteiger charge is -2.09. The Morgan fingerprint density at radius 2 is 2.19 bits per heavy atom. The maximum atomic E-state index is 5.83. The normalized spacial score (nSPS) is 13.0. The molecule has 1 aromatic carbocycles. The molecule has 1 unspecified atom stereocenters. The van der Waals surface area contributed by atoms with Crippen molar-refractivity contribution in [1.82, 2.24) is 4.57 Å². The van der Waals surface area contributed by atoms with E-state index in [9.17, 15) is 0 Å². The van der Waals surface area contributed by atoms with E-state index in [4.69, 9.17) is 10.5 Å². The smallest absolute Gasteiger partial charge is 0.128 e. The van der Waals surface area contributed by atoms with Crippen molar-refractivity contribution in [3.8, 4) is 5.75 Å². The average Bonchev–Trinajstić information content (AvgIpc) is 2.59. The Morgan fingerprint density at radius 3 is 2.81 bits per heavy atom. The van der Waals surface area contributed by atoms with Crippen LogP contribution in [0.5, 0.6) is 5.75 Å². The number of ether oxygens (including phenoxy) is 1. The fourth-order valence-corrected chi connectivity index (χ4v) is 2.05. The van der Waals surface area contributed by atoms with Gasteiger partial charge in [0.1, 0.15) is 5.75 Å². The Balaban J connectivity index is 2.56. The third kappa shape index (κ3) is 1.91. The molecule has 0 saturated carbocycles. The summed E-state index contributed by atoms with van der Waals surface area (Å²) < 4.78 is 7.51. The number of nitrogens with zero attached hydrogens (tertiary/aromatic N) is 1. The van der Waals surface area contributed by atoms with Crippen LogP contribution in [0.3, 0.4) is 0 Å². The first-order chi connectivity index (χ1) is 7.61. The summed E-state index contributed by atoms with van der Waals surface area (Å²) in [5.74, 6) is 0.925. The van der Waals surface area contributed by atoms with Gasteiger partial charge in [-0.05, 0) is 37.1 Å². The SMILES string of the molecule is COc1cc(CC(C)N)cc2c1ccn2C. The fourth-order valence-electron chi connectivity index (χ4n) is 2.05. The average molecular weight is 218 g/mol. The lowest BCUT2D eigenvalue weighted by atomic mass is 10.1. The van der Waals surface area contributed by atoms with Crippen LogP contribution in [0.4, 0.5) is 0 Å². The van der Waals surface area contributed by atoms with E-state index in [-0.39, 0.29) is 6.04 Å². The number of benzene rings is 1. The molecule has 0 aliphatic rings. The Kier molecular flexibility index (Phi) is 2.88. The highest BCUT2D eigenvalue weighted by Gasteiger charge is 2.08. The van der Waals surface area contributed by atoms with Crippen molar-refractivity contribution in [3.05, 3.63) is 30.0 Å². The molecule has 0 aliphatic heterocycles. The van der Waals surface area contributed by atoms with Crippen LogP contribution in [0.15, 0.2) is 24.4 Å².